The van der Waals surface area contributed by atoms with E-state index in [0.29, 0.717) is 24.1 Å². The highest BCUT2D eigenvalue weighted by atomic mass is 16.5. The van der Waals surface area contributed by atoms with Crippen molar-refractivity contribution in [2.75, 3.05) is 0 Å². The lowest BCUT2D eigenvalue weighted by Gasteiger charge is -2.13. The van der Waals surface area contributed by atoms with E-state index in [-0.39, 0.29) is 18.1 Å². The first-order valence-corrected chi connectivity index (χ1v) is 6.95. The van der Waals surface area contributed by atoms with Crippen molar-refractivity contribution in [2.45, 2.75) is 33.3 Å². The molecule has 0 aliphatic rings. The molecule has 0 saturated carbocycles. The van der Waals surface area contributed by atoms with Crippen LogP contribution in [0.3, 0.4) is 0 Å². The fraction of sp³-hybridized carbons (Fsp3) is 0.312. The predicted molar refractivity (Wildman–Crippen MR) is 78.5 cm³/mol. The van der Waals surface area contributed by atoms with Crippen molar-refractivity contribution in [1.29, 1.82) is 0 Å². The van der Waals surface area contributed by atoms with E-state index in [1.165, 1.54) is 0 Å². The normalized spacial score (nSPS) is 10.4. The Bertz CT molecular complexity index is 627. The highest BCUT2D eigenvalue weighted by Crippen LogP contribution is 2.23. The van der Waals surface area contributed by atoms with Crippen LogP contribution >= 0.6 is 0 Å². The highest BCUT2D eigenvalue weighted by molar-refractivity contribution is 5.92. The summed E-state index contributed by atoms with van der Waals surface area (Å²) >= 11 is 0. The summed E-state index contributed by atoms with van der Waals surface area (Å²) in [5, 5.41) is 17.5. The minimum atomic E-state index is -1.03. The quantitative estimate of drug-likeness (QED) is 0.884. The summed E-state index contributed by atoms with van der Waals surface area (Å²) in [5.74, 6) is -0.945. The van der Waals surface area contributed by atoms with Gasteiger partial charge in [-0.15, -0.1) is 5.10 Å². The standard InChI is InChI=1S/C16H18N2O3/c1-3-12-13(4-2)17-18-15(14(12)16(19)20)21-10-11-8-6-5-7-9-11/h5-9H,3-4,10H2,1-2H3,(H,19,20). The van der Waals surface area contributed by atoms with Gasteiger partial charge in [0.05, 0.1) is 5.69 Å². The van der Waals surface area contributed by atoms with Crippen LogP contribution in [0.1, 0.15) is 41.0 Å². The van der Waals surface area contributed by atoms with Crippen molar-refractivity contribution in [3.8, 4) is 5.88 Å². The number of benzene rings is 1. The second kappa shape index (κ2) is 6.83. The molecule has 0 unspecified atom stereocenters. The number of carbonyl (C=O) groups is 1. The van der Waals surface area contributed by atoms with E-state index in [2.05, 4.69) is 10.2 Å². The van der Waals surface area contributed by atoms with Gasteiger partial charge in [-0.3, -0.25) is 0 Å². The molecule has 0 fully saturated rings. The van der Waals surface area contributed by atoms with Gasteiger partial charge in [-0.1, -0.05) is 44.2 Å². The van der Waals surface area contributed by atoms with E-state index < -0.39 is 5.97 Å². The molecule has 0 bridgehead atoms. The van der Waals surface area contributed by atoms with Crippen LogP contribution in [0.4, 0.5) is 0 Å². The van der Waals surface area contributed by atoms with Crippen molar-refractivity contribution in [1.82, 2.24) is 10.2 Å². The van der Waals surface area contributed by atoms with E-state index in [1.807, 2.05) is 44.2 Å². The number of hydrogen-bond donors (Lipinski definition) is 1. The Kier molecular flexibility index (Phi) is 4.87. The minimum absolute atomic E-state index is 0.0837. The average molecular weight is 286 g/mol. The monoisotopic (exact) mass is 286 g/mol. The summed E-state index contributed by atoms with van der Waals surface area (Å²) in [5.41, 5.74) is 2.48. The number of aromatic carboxylic acids is 1. The van der Waals surface area contributed by atoms with Crippen molar-refractivity contribution in [3.05, 3.63) is 52.7 Å². The Morgan fingerprint density at radius 1 is 1.14 bits per heavy atom. The number of nitrogens with zero attached hydrogens (tertiary/aromatic N) is 2. The second-order valence-corrected chi connectivity index (χ2v) is 4.59. The Morgan fingerprint density at radius 3 is 2.43 bits per heavy atom. The third-order valence-electron chi connectivity index (χ3n) is 3.25. The molecule has 2 aromatic rings. The van der Waals surface area contributed by atoms with Crippen LogP contribution in [-0.2, 0) is 19.4 Å². The van der Waals surface area contributed by atoms with Crippen LogP contribution in [-0.4, -0.2) is 21.3 Å². The molecule has 0 atom stereocenters. The van der Waals surface area contributed by atoms with Gasteiger partial charge in [0.2, 0.25) is 5.88 Å². The lowest BCUT2D eigenvalue weighted by Crippen LogP contribution is -2.13. The van der Waals surface area contributed by atoms with Crippen LogP contribution in [0, 0.1) is 0 Å². The largest absolute Gasteiger partial charge is 0.477 e. The van der Waals surface area contributed by atoms with Crippen molar-refractivity contribution in [2.24, 2.45) is 0 Å². The lowest BCUT2D eigenvalue weighted by molar-refractivity contribution is 0.0688. The van der Waals surface area contributed by atoms with E-state index in [0.717, 1.165) is 5.56 Å². The smallest absolute Gasteiger partial charge is 0.341 e. The molecular weight excluding hydrogens is 268 g/mol. The minimum Gasteiger partial charge on any atom is -0.477 e. The molecule has 5 nitrogen and oxygen atoms in total. The molecule has 1 aromatic heterocycles. The van der Waals surface area contributed by atoms with E-state index >= 15 is 0 Å². The summed E-state index contributed by atoms with van der Waals surface area (Å²) in [6, 6.07) is 9.54. The molecule has 0 aliphatic heterocycles. The Balaban J connectivity index is 2.32. The average Bonchev–Trinajstić information content (AvgIpc) is 2.52. The number of hydrogen-bond acceptors (Lipinski definition) is 4. The first-order chi connectivity index (χ1) is 10.2. The van der Waals surface area contributed by atoms with Gasteiger partial charge >= 0.3 is 5.97 Å². The summed E-state index contributed by atoms with van der Waals surface area (Å²) in [6.45, 7) is 4.10. The van der Waals surface area contributed by atoms with Gasteiger partial charge in [-0.05, 0) is 24.0 Å². The third-order valence-corrected chi connectivity index (χ3v) is 3.25. The molecule has 21 heavy (non-hydrogen) atoms. The molecular formula is C16H18N2O3. The van der Waals surface area contributed by atoms with E-state index in [9.17, 15) is 9.90 Å². The molecule has 0 aliphatic carbocycles. The van der Waals surface area contributed by atoms with Crippen molar-refractivity contribution < 1.29 is 14.6 Å². The van der Waals surface area contributed by atoms with Gasteiger partial charge in [-0.25, -0.2) is 4.79 Å². The zero-order valence-electron chi connectivity index (χ0n) is 12.2. The topological polar surface area (TPSA) is 72.3 Å². The molecule has 5 heteroatoms. The molecule has 1 aromatic carbocycles. The zero-order valence-corrected chi connectivity index (χ0v) is 12.2. The molecule has 0 saturated heterocycles. The maximum Gasteiger partial charge on any atom is 0.341 e. The van der Waals surface area contributed by atoms with Gasteiger partial charge in [0.1, 0.15) is 12.2 Å². The highest BCUT2D eigenvalue weighted by Gasteiger charge is 2.21. The zero-order chi connectivity index (χ0) is 15.2. The summed E-state index contributed by atoms with van der Waals surface area (Å²) in [7, 11) is 0. The molecule has 1 heterocycles. The first kappa shape index (κ1) is 15.0. The molecule has 110 valence electrons. The number of aryl methyl sites for hydroxylation is 1. The SMILES string of the molecule is CCc1nnc(OCc2ccccc2)c(C(=O)O)c1CC. The fourth-order valence-corrected chi connectivity index (χ4v) is 2.20. The molecule has 2 rings (SSSR count). The van der Waals surface area contributed by atoms with Gasteiger partial charge in [0, 0.05) is 0 Å². The Labute approximate surface area is 123 Å². The van der Waals surface area contributed by atoms with Gasteiger partial charge < -0.3 is 9.84 Å². The molecule has 0 radical (unpaired) electrons. The van der Waals surface area contributed by atoms with Crippen molar-refractivity contribution in [3.63, 3.8) is 0 Å². The Morgan fingerprint density at radius 2 is 1.86 bits per heavy atom. The van der Waals surface area contributed by atoms with Crippen molar-refractivity contribution >= 4 is 5.97 Å². The molecule has 0 amide bonds. The maximum absolute atomic E-state index is 11.5. The third kappa shape index (κ3) is 3.37. The maximum atomic E-state index is 11.5. The van der Waals surface area contributed by atoms with Crippen LogP contribution in [0.5, 0.6) is 5.88 Å². The van der Waals surface area contributed by atoms with E-state index in [1.54, 1.807) is 0 Å². The molecule has 1 N–H and O–H groups in total. The number of ether oxygens (including phenoxy) is 1. The van der Waals surface area contributed by atoms with Gasteiger partial charge in [0.25, 0.3) is 0 Å². The fourth-order valence-electron chi connectivity index (χ4n) is 2.20. The summed E-state index contributed by atoms with van der Waals surface area (Å²) in [4.78, 5) is 11.5. The van der Waals surface area contributed by atoms with Gasteiger partial charge in [0.15, 0.2) is 0 Å². The van der Waals surface area contributed by atoms with E-state index in [4.69, 9.17) is 4.74 Å². The van der Waals surface area contributed by atoms with Gasteiger partial charge in [-0.2, -0.15) is 5.10 Å². The number of rotatable bonds is 6. The van der Waals surface area contributed by atoms with Crippen LogP contribution in [0.15, 0.2) is 30.3 Å². The summed E-state index contributed by atoms with van der Waals surface area (Å²) < 4.78 is 5.57. The second-order valence-electron chi connectivity index (χ2n) is 4.59. The first-order valence-electron chi connectivity index (χ1n) is 6.95. The summed E-state index contributed by atoms with van der Waals surface area (Å²) in [6.07, 6.45) is 1.23. The Hall–Kier alpha value is -2.43. The van der Waals surface area contributed by atoms with Crippen LogP contribution < -0.4 is 4.74 Å². The number of carboxylic acids is 1. The number of carboxylic acid groups (broad SMARTS) is 1. The predicted octanol–water partition coefficient (Wildman–Crippen LogP) is 2.88. The molecule has 0 spiro atoms. The van der Waals surface area contributed by atoms with Crippen LogP contribution in [0.25, 0.3) is 0 Å². The van der Waals surface area contributed by atoms with Crippen LogP contribution in [0.2, 0.25) is 0 Å². The lowest BCUT2D eigenvalue weighted by atomic mass is 10.0. The number of aromatic nitrogens is 2.